The SMILES string of the molecule is COc1ccc(N2C(=O)C(c3ccc(Cl)cc3)=C(N3CCCC(CO)C3)C2=O)c(OC)c1. The molecule has 0 spiro atoms. The van der Waals surface area contributed by atoms with Gasteiger partial charge in [-0.3, -0.25) is 9.59 Å². The fourth-order valence-electron chi connectivity index (χ4n) is 4.29. The van der Waals surface area contributed by atoms with Gasteiger partial charge in [-0.2, -0.15) is 0 Å². The number of anilines is 1. The van der Waals surface area contributed by atoms with Crippen LogP contribution in [0.2, 0.25) is 5.02 Å². The molecule has 4 rings (SSSR count). The molecular weight excluding hydrogens is 432 g/mol. The molecule has 2 amide bonds. The van der Waals surface area contributed by atoms with Gasteiger partial charge in [0.25, 0.3) is 11.8 Å². The van der Waals surface area contributed by atoms with E-state index < -0.39 is 11.8 Å². The van der Waals surface area contributed by atoms with Crippen LogP contribution in [0.15, 0.2) is 48.2 Å². The van der Waals surface area contributed by atoms with Gasteiger partial charge in [0.2, 0.25) is 0 Å². The molecule has 8 heteroatoms. The minimum Gasteiger partial charge on any atom is -0.497 e. The number of piperidine rings is 1. The standard InChI is InChI=1S/C24H25ClN2O5/c1-31-18-9-10-19(20(12-18)32-2)27-23(29)21(16-5-7-17(25)8-6-16)22(24(27)30)26-11-3-4-15(13-26)14-28/h5-10,12,15,28H,3-4,11,13-14H2,1-2H3. The number of likely N-dealkylation sites (tertiary alicyclic amines) is 1. The molecule has 0 aromatic heterocycles. The van der Waals surface area contributed by atoms with E-state index in [9.17, 15) is 14.7 Å². The lowest BCUT2D eigenvalue weighted by molar-refractivity contribution is -0.120. The lowest BCUT2D eigenvalue weighted by Gasteiger charge is -2.34. The van der Waals surface area contributed by atoms with Crippen molar-refractivity contribution in [2.75, 3.05) is 38.8 Å². The van der Waals surface area contributed by atoms with Crippen LogP contribution in [0.1, 0.15) is 18.4 Å². The number of imide groups is 1. The molecule has 0 aliphatic carbocycles. The second-order valence-corrected chi connectivity index (χ2v) is 8.29. The summed E-state index contributed by atoms with van der Waals surface area (Å²) in [7, 11) is 3.01. The Labute approximate surface area is 191 Å². The van der Waals surface area contributed by atoms with Crippen molar-refractivity contribution in [2.24, 2.45) is 5.92 Å². The maximum absolute atomic E-state index is 13.7. The third-order valence-corrected chi connectivity index (χ3v) is 6.17. The molecule has 0 saturated carbocycles. The predicted molar refractivity (Wildman–Crippen MR) is 122 cm³/mol. The van der Waals surface area contributed by atoms with Gasteiger partial charge in [0, 0.05) is 30.8 Å². The number of aliphatic hydroxyl groups excluding tert-OH is 1. The largest absolute Gasteiger partial charge is 0.497 e. The van der Waals surface area contributed by atoms with Gasteiger partial charge in [0.1, 0.15) is 17.2 Å². The van der Waals surface area contributed by atoms with E-state index in [2.05, 4.69) is 0 Å². The van der Waals surface area contributed by atoms with E-state index in [1.807, 2.05) is 4.90 Å². The number of benzene rings is 2. The highest BCUT2D eigenvalue weighted by Gasteiger charge is 2.44. The fraction of sp³-hybridized carbons (Fsp3) is 0.333. The highest BCUT2D eigenvalue weighted by molar-refractivity contribution is 6.45. The first kappa shape index (κ1) is 22.2. The first-order valence-corrected chi connectivity index (χ1v) is 10.8. The van der Waals surface area contributed by atoms with Crippen LogP contribution in [0, 0.1) is 5.92 Å². The fourth-order valence-corrected chi connectivity index (χ4v) is 4.42. The van der Waals surface area contributed by atoms with Crippen LogP contribution in [-0.4, -0.2) is 55.7 Å². The number of methoxy groups -OCH3 is 2. The number of aliphatic hydroxyl groups is 1. The van der Waals surface area contributed by atoms with Gasteiger partial charge < -0.3 is 19.5 Å². The summed E-state index contributed by atoms with van der Waals surface area (Å²) in [5, 5.41) is 10.2. The molecule has 1 atom stereocenters. The second-order valence-electron chi connectivity index (χ2n) is 7.85. The number of hydrogen-bond donors (Lipinski definition) is 1. The van der Waals surface area contributed by atoms with Gasteiger partial charge in [0.15, 0.2) is 0 Å². The monoisotopic (exact) mass is 456 g/mol. The average Bonchev–Trinajstić information content (AvgIpc) is 3.08. The molecule has 2 aliphatic heterocycles. The molecule has 1 saturated heterocycles. The molecule has 2 heterocycles. The van der Waals surface area contributed by atoms with Crippen LogP contribution in [0.5, 0.6) is 11.5 Å². The third kappa shape index (κ3) is 3.94. The quantitative estimate of drug-likeness (QED) is 0.671. The Morgan fingerprint density at radius 3 is 2.47 bits per heavy atom. The van der Waals surface area contributed by atoms with Crippen LogP contribution >= 0.6 is 11.6 Å². The van der Waals surface area contributed by atoms with E-state index in [-0.39, 0.29) is 12.5 Å². The van der Waals surface area contributed by atoms with Gasteiger partial charge in [-0.05, 0) is 48.6 Å². The van der Waals surface area contributed by atoms with Gasteiger partial charge >= 0.3 is 0 Å². The van der Waals surface area contributed by atoms with Crippen molar-refractivity contribution in [3.63, 3.8) is 0 Å². The summed E-state index contributed by atoms with van der Waals surface area (Å²) < 4.78 is 10.7. The molecule has 1 N–H and O–H groups in total. The van der Waals surface area contributed by atoms with Crippen molar-refractivity contribution >= 4 is 34.7 Å². The van der Waals surface area contributed by atoms with E-state index in [0.29, 0.717) is 52.1 Å². The van der Waals surface area contributed by atoms with Crippen LogP contribution < -0.4 is 14.4 Å². The van der Waals surface area contributed by atoms with E-state index in [1.165, 1.54) is 14.2 Å². The Balaban J connectivity index is 1.82. The smallest absolute Gasteiger partial charge is 0.282 e. The molecule has 168 valence electrons. The van der Waals surface area contributed by atoms with Gasteiger partial charge in [-0.15, -0.1) is 0 Å². The maximum atomic E-state index is 13.7. The lowest BCUT2D eigenvalue weighted by atomic mass is 9.97. The minimum absolute atomic E-state index is 0.0399. The van der Waals surface area contributed by atoms with E-state index in [0.717, 1.165) is 17.7 Å². The van der Waals surface area contributed by atoms with E-state index in [4.69, 9.17) is 21.1 Å². The first-order chi connectivity index (χ1) is 15.5. The van der Waals surface area contributed by atoms with Gasteiger partial charge in [-0.1, -0.05) is 23.7 Å². The van der Waals surface area contributed by atoms with Crippen LogP contribution in [-0.2, 0) is 9.59 Å². The topological polar surface area (TPSA) is 79.3 Å². The number of carbonyl (C=O) groups excluding carboxylic acids is 2. The highest BCUT2D eigenvalue weighted by atomic mass is 35.5. The van der Waals surface area contributed by atoms with Crippen LogP contribution in [0.3, 0.4) is 0 Å². The maximum Gasteiger partial charge on any atom is 0.282 e. The molecule has 2 aromatic rings. The second kappa shape index (κ2) is 9.22. The Hall–Kier alpha value is -3.03. The van der Waals surface area contributed by atoms with Crippen molar-refractivity contribution < 1.29 is 24.2 Å². The third-order valence-electron chi connectivity index (χ3n) is 5.91. The van der Waals surface area contributed by atoms with E-state index >= 15 is 0 Å². The van der Waals surface area contributed by atoms with Crippen molar-refractivity contribution in [3.05, 3.63) is 58.7 Å². The predicted octanol–water partition coefficient (Wildman–Crippen LogP) is 3.35. The number of halogens is 1. The first-order valence-electron chi connectivity index (χ1n) is 10.4. The van der Waals surface area contributed by atoms with Crippen molar-refractivity contribution in [2.45, 2.75) is 12.8 Å². The lowest BCUT2D eigenvalue weighted by Crippen LogP contribution is -2.40. The Morgan fingerprint density at radius 1 is 1.06 bits per heavy atom. The van der Waals surface area contributed by atoms with Crippen LogP contribution in [0.4, 0.5) is 5.69 Å². The molecule has 2 aliphatic rings. The number of ether oxygens (including phenoxy) is 2. The summed E-state index contributed by atoms with van der Waals surface area (Å²) in [4.78, 5) is 30.5. The normalized spacial score (nSPS) is 19.1. The number of carbonyl (C=O) groups is 2. The molecule has 2 aromatic carbocycles. The van der Waals surface area contributed by atoms with E-state index in [1.54, 1.807) is 42.5 Å². The molecule has 0 radical (unpaired) electrons. The zero-order valence-corrected chi connectivity index (χ0v) is 18.8. The molecule has 32 heavy (non-hydrogen) atoms. The van der Waals surface area contributed by atoms with Gasteiger partial charge in [-0.25, -0.2) is 4.90 Å². The molecular formula is C24H25ClN2O5. The molecule has 1 fully saturated rings. The molecule has 0 bridgehead atoms. The molecule has 1 unspecified atom stereocenters. The van der Waals surface area contributed by atoms with Crippen molar-refractivity contribution in [1.82, 2.24) is 4.90 Å². The number of hydrogen-bond acceptors (Lipinski definition) is 6. The zero-order valence-electron chi connectivity index (χ0n) is 18.0. The molecule has 7 nitrogen and oxygen atoms in total. The summed E-state index contributed by atoms with van der Waals surface area (Å²) >= 11 is 6.05. The number of rotatable bonds is 6. The summed E-state index contributed by atoms with van der Waals surface area (Å²) in [5.74, 6) is 0.117. The summed E-state index contributed by atoms with van der Waals surface area (Å²) in [6.45, 7) is 1.18. The van der Waals surface area contributed by atoms with Gasteiger partial charge in [0.05, 0.1) is 25.5 Å². The van der Waals surface area contributed by atoms with Crippen molar-refractivity contribution in [1.29, 1.82) is 0 Å². The Bertz CT molecular complexity index is 1070. The number of amides is 2. The minimum atomic E-state index is -0.429. The summed E-state index contributed by atoms with van der Waals surface area (Å²) in [6, 6.07) is 11.8. The summed E-state index contributed by atoms with van der Waals surface area (Å²) in [6.07, 6.45) is 1.71. The van der Waals surface area contributed by atoms with Crippen LogP contribution in [0.25, 0.3) is 5.57 Å². The highest BCUT2D eigenvalue weighted by Crippen LogP contribution is 2.41. The van der Waals surface area contributed by atoms with Crippen molar-refractivity contribution in [3.8, 4) is 11.5 Å². The Morgan fingerprint density at radius 2 is 1.81 bits per heavy atom. The summed E-state index contributed by atoms with van der Waals surface area (Å²) in [5.41, 5.74) is 1.63. The Kier molecular flexibility index (Phi) is 6.39. The zero-order chi connectivity index (χ0) is 22.8. The number of nitrogens with zero attached hydrogens (tertiary/aromatic N) is 2. The average molecular weight is 457 g/mol.